The van der Waals surface area contributed by atoms with Gasteiger partial charge in [0.15, 0.2) is 0 Å². The van der Waals surface area contributed by atoms with Crippen LogP contribution in [0, 0.1) is 17.6 Å². The Morgan fingerprint density at radius 1 is 1.40 bits per heavy atom. The van der Waals surface area contributed by atoms with Crippen molar-refractivity contribution in [2.45, 2.75) is 13.3 Å². The van der Waals surface area contributed by atoms with Crippen molar-refractivity contribution in [3.63, 3.8) is 0 Å². The maximum atomic E-state index is 13.2. The summed E-state index contributed by atoms with van der Waals surface area (Å²) in [5, 5.41) is 0. The highest BCUT2D eigenvalue weighted by Crippen LogP contribution is 2.17. The van der Waals surface area contributed by atoms with Crippen molar-refractivity contribution in [1.82, 2.24) is 0 Å². The van der Waals surface area contributed by atoms with E-state index in [1.165, 1.54) is 25.3 Å². The summed E-state index contributed by atoms with van der Waals surface area (Å²) in [5.41, 5.74) is -0.0737. The molecule has 0 spiro atoms. The Kier molecular flexibility index (Phi) is 3.77. The summed E-state index contributed by atoms with van der Waals surface area (Å²) >= 11 is 0. The molecule has 1 aromatic rings. The van der Waals surface area contributed by atoms with Crippen LogP contribution in [0.4, 0.5) is 8.78 Å². The second-order valence-electron chi connectivity index (χ2n) is 3.33. The number of carbonyl (C=O) groups is 1. The largest absolute Gasteiger partial charge is 0.469 e. The summed E-state index contributed by atoms with van der Waals surface area (Å²) < 4.78 is 30.9. The Bertz CT molecular complexity index is 343. The molecular weight excluding hydrogens is 202 g/mol. The number of rotatable bonds is 3. The maximum absolute atomic E-state index is 13.2. The molecule has 0 aliphatic rings. The van der Waals surface area contributed by atoms with E-state index >= 15 is 0 Å². The quantitative estimate of drug-likeness (QED) is 0.722. The predicted molar refractivity (Wildman–Crippen MR) is 51.2 cm³/mol. The Labute approximate surface area is 86.9 Å². The van der Waals surface area contributed by atoms with Gasteiger partial charge in [0.25, 0.3) is 0 Å². The lowest BCUT2D eigenvalue weighted by Crippen LogP contribution is -2.16. The van der Waals surface area contributed by atoms with E-state index in [0.717, 1.165) is 0 Å². The van der Waals surface area contributed by atoms with E-state index in [4.69, 9.17) is 0 Å². The number of hydrogen-bond acceptors (Lipinski definition) is 2. The molecule has 0 bridgehead atoms. The van der Waals surface area contributed by atoms with Crippen LogP contribution in [0.25, 0.3) is 0 Å². The SMILES string of the molecule is COC(=O)C(C)Cc1c(F)cccc1F. The molecule has 0 aliphatic heterocycles. The minimum Gasteiger partial charge on any atom is -0.469 e. The van der Waals surface area contributed by atoms with Crippen molar-refractivity contribution >= 4 is 5.97 Å². The van der Waals surface area contributed by atoms with Crippen LogP contribution in [0.3, 0.4) is 0 Å². The van der Waals surface area contributed by atoms with Gasteiger partial charge in [0.2, 0.25) is 0 Å². The number of halogens is 2. The molecule has 0 aromatic heterocycles. The second kappa shape index (κ2) is 4.87. The number of methoxy groups -OCH3 is 1. The van der Waals surface area contributed by atoms with E-state index in [9.17, 15) is 13.6 Å². The summed E-state index contributed by atoms with van der Waals surface area (Å²) in [6.07, 6.45) is 0.00514. The van der Waals surface area contributed by atoms with Crippen LogP contribution in [-0.2, 0) is 16.0 Å². The molecule has 4 heteroatoms. The van der Waals surface area contributed by atoms with Crippen molar-refractivity contribution in [2.24, 2.45) is 5.92 Å². The fraction of sp³-hybridized carbons (Fsp3) is 0.364. The van der Waals surface area contributed by atoms with Crippen LogP contribution in [0.15, 0.2) is 18.2 Å². The topological polar surface area (TPSA) is 26.3 Å². The molecule has 82 valence electrons. The van der Waals surface area contributed by atoms with Crippen molar-refractivity contribution in [3.05, 3.63) is 35.4 Å². The molecule has 0 amide bonds. The Morgan fingerprint density at radius 3 is 2.40 bits per heavy atom. The molecular formula is C11H12F2O2. The molecule has 0 heterocycles. The molecule has 0 radical (unpaired) electrons. The van der Waals surface area contributed by atoms with Gasteiger partial charge in [0, 0.05) is 5.56 Å². The van der Waals surface area contributed by atoms with Gasteiger partial charge in [-0.3, -0.25) is 4.79 Å². The molecule has 2 nitrogen and oxygen atoms in total. The number of carbonyl (C=O) groups excluding carboxylic acids is 1. The lowest BCUT2D eigenvalue weighted by Gasteiger charge is -2.10. The third-order valence-electron chi connectivity index (χ3n) is 2.18. The molecule has 15 heavy (non-hydrogen) atoms. The third-order valence-corrected chi connectivity index (χ3v) is 2.18. The van der Waals surface area contributed by atoms with Gasteiger partial charge in [-0.15, -0.1) is 0 Å². The smallest absolute Gasteiger partial charge is 0.308 e. The van der Waals surface area contributed by atoms with Gasteiger partial charge < -0.3 is 4.74 Å². The van der Waals surface area contributed by atoms with Gasteiger partial charge in [-0.05, 0) is 18.6 Å². The molecule has 0 N–H and O–H groups in total. The third kappa shape index (κ3) is 2.75. The van der Waals surface area contributed by atoms with Crippen molar-refractivity contribution in [3.8, 4) is 0 Å². The second-order valence-corrected chi connectivity index (χ2v) is 3.33. The van der Waals surface area contributed by atoms with Gasteiger partial charge in [0.1, 0.15) is 11.6 Å². The van der Waals surface area contributed by atoms with Crippen LogP contribution in [-0.4, -0.2) is 13.1 Å². The average molecular weight is 214 g/mol. The fourth-order valence-electron chi connectivity index (χ4n) is 1.32. The van der Waals surface area contributed by atoms with Gasteiger partial charge in [-0.25, -0.2) is 8.78 Å². The zero-order valence-electron chi connectivity index (χ0n) is 8.59. The monoisotopic (exact) mass is 214 g/mol. The minimum absolute atomic E-state index is 0.00514. The zero-order chi connectivity index (χ0) is 11.4. The van der Waals surface area contributed by atoms with Crippen molar-refractivity contribution < 1.29 is 18.3 Å². The average Bonchev–Trinajstić information content (AvgIpc) is 2.22. The molecule has 0 saturated heterocycles. The van der Waals surface area contributed by atoms with Gasteiger partial charge in [-0.2, -0.15) is 0 Å². The van der Waals surface area contributed by atoms with Crippen LogP contribution >= 0.6 is 0 Å². The standard InChI is InChI=1S/C11H12F2O2/c1-7(11(14)15-2)6-8-9(12)4-3-5-10(8)13/h3-5,7H,6H2,1-2H3. The molecule has 1 aromatic carbocycles. The summed E-state index contributed by atoms with van der Waals surface area (Å²) in [5.74, 6) is -2.30. The fourth-order valence-corrected chi connectivity index (χ4v) is 1.32. The summed E-state index contributed by atoms with van der Waals surface area (Å²) in [6.45, 7) is 1.57. The lowest BCUT2D eigenvalue weighted by molar-refractivity contribution is -0.144. The highest BCUT2D eigenvalue weighted by Gasteiger charge is 2.18. The van der Waals surface area contributed by atoms with Crippen LogP contribution in [0.2, 0.25) is 0 Å². The Balaban J connectivity index is 2.85. The summed E-state index contributed by atoms with van der Waals surface area (Å²) in [6, 6.07) is 3.63. The first kappa shape index (κ1) is 11.6. The lowest BCUT2D eigenvalue weighted by atomic mass is 10.0. The highest BCUT2D eigenvalue weighted by molar-refractivity contribution is 5.72. The first-order chi connectivity index (χ1) is 7.06. The van der Waals surface area contributed by atoms with Gasteiger partial charge in [-0.1, -0.05) is 13.0 Å². The first-order valence-corrected chi connectivity index (χ1v) is 4.57. The summed E-state index contributed by atoms with van der Waals surface area (Å²) in [7, 11) is 1.25. The number of esters is 1. The Hall–Kier alpha value is -1.45. The summed E-state index contributed by atoms with van der Waals surface area (Å²) in [4.78, 5) is 11.1. The first-order valence-electron chi connectivity index (χ1n) is 4.57. The number of ether oxygens (including phenoxy) is 1. The van der Waals surface area contributed by atoms with E-state index in [0.29, 0.717) is 0 Å². The van der Waals surface area contributed by atoms with Crippen molar-refractivity contribution in [1.29, 1.82) is 0 Å². The molecule has 0 aliphatic carbocycles. The van der Waals surface area contributed by atoms with E-state index in [-0.39, 0.29) is 12.0 Å². The zero-order valence-corrected chi connectivity index (χ0v) is 8.59. The molecule has 0 fully saturated rings. The normalized spacial score (nSPS) is 12.3. The van der Waals surface area contributed by atoms with Gasteiger partial charge in [0.05, 0.1) is 13.0 Å². The molecule has 1 unspecified atom stereocenters. The minimum atomic E-state index is -0.634. The maximum Gasteiger partial charge on any atom is 0.308 e. The van der Waals surface area contributed by atoms with E-state index in [2.05, 4.69) is 4.74 Å². The molecule has 0 saturated carbocycles. The molecule has 1 atom stereocenters. The van der Waals surface area contributed by atoms with E-state index < -0.39 is 23.5 Å². The van der Waals surface area contributed by atoms with E-state index in [1.54, 1.807) is 6.92 Å². The number of hydrogen-bond donors (Lipinski definition) is 0. The Morgan fingerprint density at radius 2 is 1.93 bits per heavy atom. The molecule has 1 rings (SSSR count). The number of benzene rings is 1. The predicted octanol–water partition coefficient (Wildman–Crippen LogP) is 2.32. The van der Waals surface area contributed by atoms with E-state index in [1.807, 2.05) is 0 Å². The highest BCUT2D eigenvalue weighted by atomic mass is 19.1. The van der Waals surface area contributed by atoms with Crippen LogP contribution < -0.4 is 0 Å². The van der Waals surface area contributed by atoms with Gasteiger partial charge >= 0.3 is 5.97 Å². The van der Waals surface area contributed by atoms with Crippen LogP contribution in [0.5, 0.6) is 0 Å². The van der Waals surface area contributed by atoms with Crippen molar-refractivity contribution in [2.75, 3.05) is 7.11 Å². The van der Waals surface area contributed by atoms with Crippen LogP contribution in [0.1, 0.15) is 12.5 Å².